The van der Waals surface area contributed by atoms with Crippen molar-refractivity contribution in [2.75, 3.05) is 11.9 Å². The van der Waals surface area contributed by atoms with Crippen molar-refractivity contribution in [3.05, 3.63) is 39.4 Å². The zero-order valence-corrected chi connectivity index (χ0v) is 12.5. The van der Waals surface area contributed by atoms with E-state index < -0.39 is 0 Å². The third-order valence-corrected chi connectivity index (χ3v) is 4.47. The zero-order valence-electron chi connectivity index (χ0n) is 10.9. The molecule has 0 fully saturated rings. The van der Waals surface area contributed by atoms with Crippen LogP contribution in [0.25, 0.3) is 0 Å². The van der Waals surface area contributed by atoms with Crippen LogP contribution >= 0.6 is 23.1 Å². The molecule has 0 aliphatic rings. The molecule has 1 N–H and O–H groups in total. The molecule has 0 amide bonds. The average Bonchev–Trinajstić information content (AvgIpc) is 2.96. The van der Waals surface area contributed by atoms with Crippen LogP contribution in [0.15, 0.2) is 28.0 Å². The van der Waals surface area contributed by atoms with E-state index in [1.165, 1.54) is 29.2 Å². The fourth-order valence-electron chi connectivity index (χ4n) is 1.61. The lowest BCUT2D eigenvalue weighted by Crippen LogP contribution is -2.03. The van der Waals surface area contributed by atoms with Crippen LogP contribution in [0.3, 0.4) is 0 Å². The van der Waals surface area contributed by atoms with E-state index in [0.29, 0.717) is 5.75 Å². The van der Waals surface area contributed by atoms with E-state index in [2.05, 4.69) is 22.4 Å². The third-order valence-electron chi connectivity index (χ3n) is 2.56. The van der Waals surface area contributed by atoms with Crippen molar-refractivity contribution in [1.29, 1.82) is 0 Å². The Bertz CT molecular complexity index is 575. The summed E-state index contributed by atoms with van der Waals surface area (Å²) in [6, 6.07) is 4.91. The minimum Gasteiger partial charge on any atom is -0.385 e. The number of hydrogen-bond donors (Lipinski definition) is 1. The quantitative estimate of drug-likeness (QED) is 0.478. The van der Waals surface area contributed by atoms with E-state index in [9.17, 15) is 10.1 Å². The smallest absolute Gasteiger partial charge is 0.269 e. The predicted molar refractivity (Wildman–Crippen MR) is 81.3 cm³/mol. The average molecular weight is 310 g/mol. The Labute approximate surface area is 124 Å². The van der Waals surface area contributed by atoms with Gasteiger partial charge in [-0.3, -0.25) is 10.1 Å². The predicted octanol–water partition coefficient (Wildman–Crippen LogP) is 3.56. The first-order valence-corrected chi connectivity index (χ1v) is 7.97. The van der Waals surface area contributed by atoms with Crippen LogP contribution < -0.4 is 5.32 Å². The van der Waals surface area contributed by atoms with Gasteiger partial charge in [-0.1, -0.05) is 30.0 Å². The van der Waals surface area contributed by atoms with Gasteiger partial charge in [0, 0.05) is 30.1 Å². The Kier molecular flexibility index (Phi) is 5.31. The first kappa shape index (κ1) is 14.7. The van der Waals surface area contributed by atoms with E-state index in [1.807, 2.05) is 0 Å². The Morgan fingerprint density at radius 1 is 1.50 bits per heavy atom. The summed E-state index contributed by atoms with van der Waals surface area (Å²) in [4.78, 5) is 10.5. The molecule has 0 spiro atoms. The van der Waals surface area contributed by atoms with Crippen molar-refractivity contribution in [3.8, 4) is 0 Å². The summed E-state index contributed by atoms with van der Waals surface area (Å²) >= 11 is 2.99. The first-order chi connectivity index (χ1) is 9.70. The maximum atomic E-state index is 10.9. The van der Waals surface area contributed by atoms with Crippen LogP contribution in [-0.4, -0.2) is 21.7 Å². The van der Waals surface area contributed by atoms with Crippen LogP contribution in [0.5, 0.6) is 0 Å². The van der Waals surface area contributed by atoms with Crippen molar-refractivity contribution in [2.45, 2.75) is 23.4 Å². The molecular formula is C12H14N4O2S2. The molecule has 106 valence electrons. The maximum absolute atomic E-state index is 10.9. The molecule has 6 nitrogen and oxygen atoms in total. The van der Waals surface area contributed by atoms with Crippen molar-refractivity contribution in [2.24, 2.45) is 0 Å². The van der Waals surface area contributed by atoms with Crippen LogP contribution in [0, 0.1) is 10.1 Å². The maximum Gasteiger partial charge on any atom is 0.269 e. The monoisotopic (exact) mass is 310 g/mol. The van der Waals surface area contributed by atoms with Crippen LogP contribution in [0.1, 0.15) is 18.9 Å². The molecule has 0 saturated carbocycles. The van der Waals surface area contributed by atoms with Gasteiger partial charge in [-0.05, 0) is 18.1 Å². The SMILES string of the molecule is CCCNc1ccc([N+](=O)[O-])cc1CSc1nncs1. The summed E-state index contributed by atoms with van der Waals surface area (Å²) in [5.74, 6) is 0.628. The van der Waals surface area contributed by atoms with Crippen molar-refractivity contribution < 1.29 is 4.92 Å². The van der Waals surface area contributed by atoms with Crippen molar-refractivity contribution >= 4 is 34.5 Å². The van der Waals surface area contributed by atoms with Gasteiger partial charge in [-0.15, -0.1) is 10.2 Å². The van der Waals surface area contributed by atoms with Crippen molar-refractivity contribution in [3.63, 3.8) is 0 Å². The van der Waals surface area contributed by atoms with E-state index in [1.54, 1.807) is 17.6 Å². The molecule has 8 heteroatoms. The number of nitrogens with zero attached hydrogens (tertiary/aromatic N) is 3. The number of nitrogens with one attached hydrogen (secondary N) is 1. The number of anilines is 1. The third kappa shape index (κ3) is 3.91. The Hall–Kier alpha value is -1.67. The highest BCUT2D eigenvalue weighted by atomic mass is 32.2. The molecule has 1 aromatic carbocycles. The Balaban J connectivity index is 2.16. The summed E-state index contributed by atoms with van der Waals surface area (Å²) in [5, 5.41) is 21.9. The number of nitro groups is 1. The molecule has 0 radical (unpaired) electrons. The lowest BCUT2D eigenvalue weighted by Gasteiger charge is -2.10. The number of aromatic nitrogens is 2. The second kappa shape index (κ2) is 7.20. The fraction of sp³-hybridized carbons (Fsp3) is 0.333. The molecule has 20 heavy (non-hydrogen) atoms. The van der Waals surface area contributed by atoms with E-state index >= 15 is 0 Å². The van der Waals surface area contributed by atoms with Gasteiger partial charge in [0.2, 0.25) is 0 Å². The molecule has 0 unspecified atom stereocenters. The normalized spacial score (nSPS) is 10.4. The van der Waals surface area contributed by atoms with Gasteiger partial charge in [0.25, 0.3) is 5.69 Å². The number of thioether (sulfide) groups is 1. The van der Waals surface area contributed by atoms with Gasteiger partial charge in [0.15, 0.2) is 4.34 Å². The second-order valence-corrected chi connectivity index (χ2v) is 6.07. The summed E-state index contributed by atoms with van der Waals surface area (Å²) in [5.41, 5.74) is 3.63. The molecule has 1 heterocycles. The van der Waals surface area contributed by atoms with Gasteiger partial charge < -0.3 is 5.32 Å². The van der Waals surface area contributed by atoms with Gasteiger partial charge in [-0.25, -0.2) is 0 Å². The molecule has 0 atom stereocenters. The largest absolute Gasteiger partial charge is 0.385 e. The lowest BCUT2D eigenvalue weighted by molar-refractivity contribution is -0.384. The van der Waals surface area contributed by atoms with E-state index in [0.717, 1.165) is 28.6 Å². The highest BCUT2D eigenvalue weighted by molar-refractivity contribution is 8.00. The number of benzene rings is 1. The van der Waals surface area contributed by atoms with Gasteiger partial charge in [-0.2, -0.15) is 0 Å². The molecule has 0 aliphatic carbocycles. The molecule has 1 aromatic heterocycles. The summed E-state index contributed by atoms with van der Waals surface area (Å²) < 4.78 is 0.859. The summed E-state index contributed by atoms with van der Waals surface area (Å²) in [6.07, 6.45) is 1.000. The van der Waals surface area contributed by atoms with Crippen LogP contribution in [0.2, 0.25) is 0 Å². The Morgan fingerprint density at radius 2 is 2.35 bits per heavy atom. The highest BCUT2D eigenvalue weighted by Crippen LogP contribution is 2.30. The topological polar surface area (TPSA) is 81.0 Å². The minimum absolute atomic E-state index is 0.111. The van der Waals surface area contributed by atoms with Crippen molar-refractivity contribution in [1.82, 2.24) is 10.2 Å². The van der Waals surface area contributed by atoms with Gasteiger partial charge >= 0.3 is 0 Å². The first-order valence-electron chi connectivity index (χ1n) is 6.11. The fourth-order valence-corrected chi connectivity index (χ4v) is 3.09. The number of nitro benzene ring substituents is 1. The van der Waals surface area contributed by atoms with Gasteiger partial charge in [0.1, 0.15) is 5.51 Å². The van der Waals surface area contributed by atoms with Crippen LogP contribution in [-0.2, 0) is 5.75 Å². The molecule has 0 saturated heterocycles. The number of hydrogen-bond acceptors (Lipinski definition) is 7. The molecule has 2 aromatic rings. The van der Waals surface area contributed by atoms with Crippen LogP contribution in [0.4, 0.5) is 11.4 Å². The standard InChI is InChI=1S/C12H14N4O2S2/c1-2-5-13-11-4-3-10(16(17)18)6-9(11)7-19-12-15-14-8-20-12/h3-4,6,8,13H,2,5,7H2,1H3. The zero-order chi connectivity index (χ0) is 14.4. The minimum atomic E-state index is -0.372. The molecule has 0 aliphatic heterocycles. The summed E-state index contributed by atoms with van der Waals surface area (Å²) in [6.45, 7) is 2.92. The molecule has 0 bridgehead atoms. The van der Waals surface area contributed by atoms with E-state index in [-0.39, 0.29) is 10.6 Å². The molecular weight excluding hydrogens is 296 g/mol. The number of rotatable bonds is 7. The Morgan fingerprint density at radius 3 is 3.00 bits per heavy atom. The molecule has 2 rings (SSSR count). The van der Waals surface area contributed by atoms with Gasteiger partial charge in [0.05, 0.1) is 4.92 Å². The second-order valence-electron chi connectivity index (χ2n) is 4.02. The highest BCUT2D eigenvalue weighted by Gasteiger charge is 2.11. The number of non-ortho nitro benzene ring substituents is 1. The lowest BCUT2D eigenvalue weighted by atomic mass is 10.1. The van der Waals surface area contributed by atoms with E-state index in [4.69, 9.17) is 0 Å². The summed E-state index contributed by atoms with van der Waals surface area (Å²) in [7, 11) is 0.